The molecule has 2 rings (SSSR count). The van der Waals surface area contributed by atoms with Gasteiger partial charge in [0.1, 0.15) is 6.33 Å². The van der Waals surface area contributed by atoms with Gasteiger partial charge in [0, 0.05) is 25.9 Å². The van der Waals surface area contributed by atoms with Crippen LogP contribution < -0.4 is 0 Å². The molecule has 0 saturated heterocycles. The molecule has 0 aliphatic heterocycles. The second-order valence-electron chi connectivity index (χ2n) is 3.19. The molecule has 0 saturated carbocycles. The van der Waals surface area contributed by atoms with Crippen LogP contribution in [0.5, 0.6) is 0 Å². The number of nitrogens with zero attached hydrogens (tertiary/aromatic N) is 4. The predicted octanol–water partition coefficient (Wildman–Crippen LogP) is 0.921. The van der Waals surface area contributed by atoms with Crippen LogP contribution in [0.15, 0.2) is 18.7 Å². The number of aromatic nitrogens is 4. The highest BCUT2D eigenvalue weighted by Crippen LogP contribution is 2.10. The van der Waals surface area contributed by atoms with Crippen LogP contribution in [0.3, 0.4) is 0 Å². The van der Waals surface area contributed by atoms with Crippen molar-refractivity contribution in [3.05, 3.63) is 24.4 Å². The fraction of sp³-hybridized carbons (Fsp3) is 0.444. The van der Waals surface area contributed by atoms with E-state index in [1.54, 1.807) is 25.8 Å². The first-order valence-corrected chi connectivity index (χ1v) is 5.01. The second-order valence-corrected chi connectivity index (χ2v) is 3.81. The maximum Gasteiger partial charge on any atom is 0.182 e. The lowest BCUT2D eigenvalue weighted by Gasteiger charge is -2.07. The average molecular weight is 227 g/mol. The van der Waals surface area contributed by atoms with Gasteiger partial charge in [-0.25, -0.2) is 0 Å². The van der Waals surface area contributed by atoms with E-state index in [0.717, 1.165) is 11.3 Å². The lowest BCUT2D eigenvalue weighted by atomic mass is 10.2. The van der Waals surface area contributed by atoms with E-state index in [0.29, 0.717) is 13.0 Å². The first-order chi connectivity index (χ1) is 7.31. The number of halogens is 1. The first-order valence-electron chi connectivity index (χ1n) is 4.57. The number of fused-ring (bicyclic) bond motifs is 1. The monoisotopic (exact) mass is 226 g/mol. The largest absolute Gasteiger partial charge is 0.383 e. The van der Waals surface area contributed by atoms with Crippen LogP contribution in [-0.2, 0) is 11.2 Å². The minimum Gasteiger partial charge on any atom is -0.383 e. The van der Waals surface area contributed by atoms with Gasteiger partial charge in [-0.2, -0.15) is 0 Å². The Hall–Kier alpha value is -1.20. The maximum atomic E-state index is 6.06. The molecule has 2 heterocycles. The van der Waals surface area contributed by atoms with Gasteiger partial charge >= 0.3 is 0 Å². The second kappa shape index (κ2) is 4.55. The molecule has 2 aromatic heterocycles. The topological polar surface area (TPSA) is 52.3 Å². The number of hydrogen-bond acceptors (Lipinski definition) is 4. The van der Waals surface area contributed by atoms with Crippen molar-refractivity contribution in [2.75, 3.05) is 13.7 Å². The summed E-state index contributed by atoms with van der Waals surface area (Å²) in [6, 6.07) is 0. The average Bonchev–Trinajstić information content (AvgIpc) is 2.67. The minimum atomic E-state index is -0.0922. The molecule has 0 radical (unpaired) electrons. The van der Waals surface area contributed by atoms with Crippen LogP contribution in [0.25, 0.3) is 5.65 Å². The molecule has 0 fully saturated rings. The zero-order valence-electron chi connectivity index (χ0n) is 8.30. The Kier molecular flexibility index (Phi) is 3.13. The summed E-state index contributed by atoms with van der Waals surface area (Å²) in [5.74, 6) is 0. The van der Waals surface area contributed by atoms with Crippen molar-refractivity contribution in [3.63, 3.8) is 0 Å². The third-order valence-corrected chi connectivity index (χ3v) is 2.33. The van der Waals surface area contributed by atoms with Crippen LogP contribution in [0.4, 0.5) is 0 Å². The highest BCUT2D eigenvalue weighted by atomic mass is 35.5. The molecule has 0 aliphatic rings. The normalized spacial score (nSPS) is 13.2. The number of rotatable bonds is 4. The Morgan fingerprint density at radius 2 is 2.47 bits per heavy atom. The van der Waals surface area contributed by atoms with Gasteiger partial charge < -0.3 is 4.74 Å². The van der Waals surface area contributed by atoms with Gasteiger partial charge in [0.25, 0.3) is 0 Å². The summed E-state index contributed by atoms with van der Waals surface area (Å²) in [5.41, 5.74) is 1.59. The summed E-state index contributed by atoms with van der Waals surface area (Å²) < 4.78 is 6.79. The fourth-order valence-corrected chi connectivity index (χ4v) is 1.68. The molecule has 0 amide bonds. The quantitative estimate of drug-likeness (QED) is 0.728. The van der Waals surface area contributed by atoms with Gasteiger partial charge in [0.2, 0.25) is 0 Å². The smallest absolute Gasteiger partial charge is 0.182 e. The molecular formula is C9H11ClN4O. The standard InChI is InChI=1S/C9H11ClN4O/c1-15-5-7(10)4-8-9-13-12-6-14(9)3-2-11-8/h2-3,6-7H,4-5H2,1H3. The van der Waals surface area contributed by atoms with Crippen molar-refractivity contribution >= 4 is 17.2 Å². The highest BCUT2D eigenvalue weighted by Gasteiger charge is 2.11. The molecule has 15 heavy (non-hydrogen) atoms. The summed E-state index contributed by atoms with van der Waals surface area (Å²) in [4.78, 5) is 4.24. The third kappa shape index (κ3) is 2.24. The number of alkyl halides is 1. The van der Waals surface area contributed by atoms with Gasteiger partial charge in [-0.3, -0.25) is 9.38 Å². The Morgan fingerprint density at radius 1 is 1.60 bits per heavy atom. The van der Waals surface area contributed by atoms with Gasteiger partial charge in [0.05, 0.1) is 17.7 Å². The fourth-order valence-electron chi connectivity index (χ4n) is 1.40. The van der Waals surface area contributed by atoms with E-state index in [-0.39, 0.29) is 5.38 Å². The molecule has 0 aliphatic carbocycles. The zero-order chi connectivity index (χ0) is 10.7. The van der Waals surface area contributed by atoms with Crippen molar-refractivity contribution in [2.45, 2.75) is 11.8 Å². The summed E-state index contributed by atoms with van der Waals surface area (Å²) in [5, 5.41) is 7.70. The Balaban J connectivity index is 2.23. The Bertz CT molecular complexity index is 444. The summed E-state index contributed by atoms with van der Waals surface area (Å²) in [6.45, 7) is 0.498. The molecule has 5 nitrogen and oxygen atoms in total. The van der Waals surface area contributed by atoms with E-state index in [4.69, 9.17) is 16.3 Å². The molecule has 0 N–H and O–H groups in total. The summed E-state index contributed by atoms with van der Waals surface area (Å²) in [7, 11) is 1.63. The third-order valence-electron chi connectivity index (χ3n) is 2.05. The first kappa shape index (κ1) is 10.3. The molecule has 0 aromatic carbocycles. The van der Waals surface area contributed by atoms with E-state index < -0.39 is 0 Å². The van der Waals surface area contributed by atoms with Crippen LogP contribution in [0, 0.1) is 0 Å². The number of ether oxygens (including phenoxy) is 1. The van der Waals surface area contributed by atoms with Crippen molar-refractivity contribution in [1.82, 2.24) is 19.6 Å². The van der Waals surface area contributed by atoms with Gasteiger partial charge in [-0.15, -0.1) is 21.8 Å². The molecular weight excluding hydrogens is 216 g/mol. The molecule has 2 aromatic rings. The Morgan fingerprint density at radius 3 is 3.27 bits per heavy atom. The lowest BCUT2D eigenvalue weighted by molar-refractivity contribution is 0.197. The van der Waals surface area contributed by atoms with Crippen molar-refractivity contribution in [3.8, 4) is 0 Å². The van der Waals surface area contributed by atoms with Crippen molar-refractivity contribution in [1.29, 1.82) is 0 Å². The zero-order valence-corrected chi connectivity index (χ0v) is 9.05. The number of hydrogen-bond donors (Lipinski definition) is 0. The van der Waals surface area contributed by atoms with Crippen LogP contribution in [0.2, 0.25) is 0 Å². The van der Waals surface area contributed by atoms with Crippen LogP contribution >= 0.6 is 11.6 Å². The van der Waals surface area contributed by atoms with Gasteiger partial charge in [0.15, 0.2) is 5.65 Å². The van der Waals surface area contributed by atoms with Crippen molar-refractivity contribution < 1.29 is 4.74 Å². The molecule has 1 atom stereocenters. The van der Waals surface area contributed by atoms with Crippen LogP contribution in [-0.4, -0.2) is 38.7 Å². The van der Waals surface area contributed by atoms with E-state index >= 15 is 0 Å². The molecule has 1 unspecified atom stereocenters. The predicted molar refractivity (Wildman–Crippen MR) is 56.0 cm³/mol. The van der Waals surface area contributed by atoms with E-state index in [1.165, 1.54) is 0 Å². The van der Waals surface area contributed by atoms with E-state index in [1.807, 2.05) is 4.40 Å². The molecule has 0 bridgehead atoms. The van der Waals surface area contributed by atoms with E-state index in [9.17, 15) is 0 Å². The van der Waals surface area contributed by atoms with Crippen molar-refractivity contribution in [2.24, 2.45) is 0 Å². The molecule has 80 valence electrons. The summed E-state index contributed by atoms with van der Waals surface area (Å²) in [6.07, 6.45) is 5.78. The minimum absolute atomic E-state index is 0.0922. The van der Waals surface area contributed by atoms with Gasteiger partial charge in [-0.1, -0.05) is 0 Å². The molecule has 6 heteroatoms. The Labute approximate surface area is 92.1 Å². The SMILES string of the molecule is COCC(Cl)Cc1nccn2cnnc12. The number of methoxy groups -OCH3 is 1. The maximum absolute atomic E-state index is 6.06. The van der Waals surface area contributed by atoms with Crippen LogP contribution in [0.1, 0.15) is 5.69 Å². The summed E-state index contributed by atoms with van der Waals surface area (Å²) >= 11 is 6.06. The lowest BCUT2D eigenvalue weighted by Crippen LogP contribution is -2.12. The van der Waals surface area contributed by atoms with Gasteiger partial charge in [-0.05, 0) is 0 Å². The van der Waals surface area contributed by atoms with E-state index in [2.05, 4.69) is 15.2 Å². The highest BCUT2D eigenvalue weighted by molar-refractivity contribution is 6.20. The molecule has 0 spiro atoms.